The Bertz CT molecular complexity index is 1040. The first kappa shape index (κ1) is 20.9. The maximum absolute atomic E-state index is 12.9. The van der Waals surface area contributed by atoms with E-state index in [1.54, 1.807) is 4.90 Å². The van der Waals surface area contributed by atoms with Crippen molar-refractivity contribution in [2.24, 2.45) is 0 Å². The highest BCUT2D eigenvalue weighted by atomic mass is 16.2. The van der Waals surface area contributed by atoms with E-state index in [9.17, 15) is 14.4 Å². The molecular weight excluding hydrogens is 402 g/mol. The van der Waals surface area contributed by atoms with Crippen molar-refractivity contribution in [3.05, 3.63) is 70.8 Å². The van der Waals surface area contributed by atoms with Gasteiger partial charge in [-0.15, -0.1) is 0 Å². The molecule has 2 saturated heterocycles. The lowest BCUT2D eigenvalue weighted by atomic mass is 9.90. The molecule has 2 fully saturated rings. The monoisotopic (exact) mass is 431 g/mol. The molecule has 1 unspecified atom stereocenters. The summed E-state index contributed by atoms with van der Waals surface area (Å²) in [6.45, 7) is 3.62. The third-order valence-corrected chi connectivity index (χ3v) is 7.09. The van der Waals surface area contributed by atoms with Gasteiger partial charge in [0.05, 0.1) is 0 Å². The van der Waals surface area contributed by atoms with E-state index < -0.39 is 6.04 Å². The Morgan fingerprint density at radius 2 is 1.78 bits per heavy atom. The number of benzene rings is 2. The standard InChI is InChI=1S/C26H29N3O3/c30-24-11-10-23(25(31)27-24)29-17-21-15-20(8-9-22(21)26(29)32)19-7-4-13-28(14-12-19)16-18-5-2-1-3-6-18/h1-3,5-6,8-9,15,19,23H,4,7,10-14,16-17H2,(H,27,30,31)/t19-,23?/m0/s1. The van der Waals surface area contributed by atoms with Gasteiger partial charge in [0.25, 0.3) is 5.91 Å². The minimum atomic E-state index is -0.555. The van der Waals surface area contributed by atoms with Gasteiger partial charge in [-0.3, -0.25) is 24.6 Å². The molecule has 2 aromatic carbocycles. The van der Waals surface area contributed by atoms with Gasteiger partial charge in [-0.25, -0.2) is 0 Å². The number of imide groups is 1. The van der Waals surface area contributed by atoms with Crippen molar-refractivity contribution in [1.82, 2.24) is 15.1 Å². The highest BCUT2D eigenvalue weighted by Crippen LogP contribution is 2.33. The molecule has 0 aromatic heterocycles. The average Bonchev–Trinajstić information content (AvgIpc) is 2.95. The molecule has 0 aliphatic carbocycles. The van der Waals surface area contributed by atoms with Crippen LogP contribution in [0.4, 0.5) is 0 Å². The highest BCUT2D eigenvalue weighted by molar-refractivity contribution is 6.05. The third kappa shape index (κ3) is 4.19. The number of nitrogens with one attached hydrogen (secondary N) is 1. The lowest BCUT2D eigenvalue weighted by molar-refractivity contribution is -0.136. The molecular formula is C26H29N3O3. The predicted octanol–water partition coefficient (Wildman–Crippen LogP) is 3.22. The summed E-state index contributed by atoms with van der Waals surface area (Å²) in [7, 11) is 0. The fourth-order valence-electron chi connectivity index (χ4n) is 5.34. The van der Waals surface area contributed by atoms with Crippen LogP contribution in [0.1, 0.15) is 65.1 Å². The Hall–Kier alpha value is -2.99. The Labute approximate surface area is 188 Å². The Morgan fingerprint density at radius 1 is 0.938 bits per heavy atom. The van der Waals surface area contributed by atoms with E-state index in [1.165, 1.54) is 11.1 Å². The lowest BCUT2D eigenvalue weighted by Gasteiger charge is -2.29. The molecule has 2 aromatic rings. The van der Waals surface area contributed by atoms with E-state index in [4.69, 9.17) is 0 Å². The molecule has 3 aliphatic rings. The van der Waals surface area contributed by atoms with Crippen LogP contribution >= 0.6 is 0 Å². The molecule has 3 aliphatic heterocycles. The molecule has 2 atom stereocenters. The first-order chi connectivity index (χ1) is 15.6. The quantitative estimate of drug-likeness (QED) is 0.755. The molecule has 0 radical (unpaired) electrons. The second kappa shape index (κ2) is 8.87. The number of hydrogen-bond donors (Lipinski definition) is 1. The fraction of sp³-hybridized carbons (Fsp3) is 0.423. The number of carbonyl (C=O) groups is 3. The minimum absolute atomic E-state index is 0.101. The summed E-state index contributed by atoms with van der Waals surface area (Å²) < 4.78 is 0. The molecule has 6 heteroatoms. The van der Waals surface area contributed by atoms with E-state index >= 15 is 0 Å². The predicted molar refractivity (Wildman–Crippen MR) is 121 cm³/mol. The summed E-state index contributed by atoms with van der Waals surface area (Å²) in [5, 5.41) is 2.37. The van der Waals surface area contributed by atoms with E-state index in [0.717, 1.165) is 44.5 Å². The van der Waals surface area contributed by atoms with E-state index in [1.807, 2.05) is 6.07 Å². The van der Waals surface area contributed by atoms with E-state index in [0.29, 0.717) is 24.4 Å². The van der Waals surface area contributed by atoms with Gasteiger partial charge >= 0.3 is 0 Å². The molecule has 3 heterocycles. The smallest absolute Gasteiger partial charge is 0.255 e. The van der Waals surface area contributed by atoms with Crippen molar-refractivity contribution in [3.63, 3.8) is 0 Å². The second-order valence-electron chi connectivity index (χ2n) is 9.21. The van der Waals surface area contributed by atoms with E-state index in [-0.39, 0.29) is 24.1 Å². The number of likely N-dealkylation sites (tertiary alicyclic amines) is 1. The van der Waals surface area contributed by atoms with Crippen LogP contribution in [0.3, 0.4) is 0 Å². The van der Waals surface area contributed by atoms with Crippen LogP contribution in [0.5, 0.6) is 0 Å². The topological polar surface area (TPSA) is 69.7 Å². The van der Waals surface area contributed by atoms with Gasteiger partial charge in [0.15, 0.2) is 0 Å². The number of hydrogen-bond acceptors (Lipinski definition) is 4. The molecule has 5 rings (SSSR count). The number of piperidine rings is 1. The molecule has 0 saturated carbocycles. The van der Waals surface area contributed by atoms with Crippen LogP contribution in [-0.4, -0.2) is 46.7 Å². The zero-order chi connectivity index (χ0) is 22.1. The second-order valence-corrected chi connectivity index (χ2v) is 9.21. The van der Waals surface area contributed by atoms with Crippen molar-refractivity contribution in [2.75, 3.05) is 13.1 Å². The fourth-order valence-corrected chi connectivity index (χ4v) is 5.34. The van der Waals surface area contributed by atoms with Crippen molar-refractivity contribution in [2.45, 2.75) is 57.2 Å². The summed E-state index contributed by atoms with van der Waals surface area (Å²) in [6.07, 6.45) is 4.10. The normalized spacial score (nSPS) is 24.2. The zero-order valence-electron chi connectivity index (χ0n) is 18.3. The number of carbonyl (C=O) groups excluding carboxylic acids is 3. The first-order valence-corrected chi connectivity index (χ1v) is 11.6. The number of nitrogens with zero attached hydrogens (tertiary/aromatic N) is 2. The number of rotatable bonds is 4. The third-order valence-electron chi connectivity index (χ3n) is 7.09. The van der Waals surface area contributed by atoms with Crippen molar-refractivity contribution < 1.29 is 14.4 Å². The van der Waals surface area contributed by atoms with Gasteiger partial charge in [-0.05, 0) is 67.4 Å². The van der Waals surface area contributed by atoms with Crippen LogP contribution < -0.4 is 5.32 Å². The van der Waals surface area contributed by atoms with Crippen LogP contribution in [0.15, 0.2) is 48.5 Å². The molecule has 6 nitrogen and oxygen atoms in total. The SMILES string of the molecule is O=C1CCC(N2Cc3cc([C@H]4CCCN(Cc5ccccc5)CC4)ccc3C2=O)C(=O)N1. The Morgan fingerprint density at radius 3 is 2.59 bits per heavy atom. The summed E-state index contributed by atoms with van der Waals surface area (Å²) in [5.74, 6) is -0.228. The maximum Gasteiger partial charge on any atom is 0.255 e. The molecule has 32 heavy (non-hydrogen) atoms. The summed E-state index contributed by atoms with van der Waals surface area (Å²) in [4.78, 5) is 40.8. The first-order valence-electron chi connectivity index (χ1n) is 11.6. The molecule has 0 bridgehead atoms. The van der Waals surface area contributed by atoms with Gasteiger partial charge in [0, 0.05) is 25.1 Å². The summed E-state index contributed by atoms with van der Waals surface area (Å²) in [6, 6.07) is 16.3. The van der Waals surface area contributed by atoms with E-state index in [2.05, 4.69) is 52.7 Å². The molecule has 166 valence electrons. The molecule has 1 N–H and O–H groups in total. The van der Waals surface area contributed by atoms with Crippen molar-refractivity contribution >= 4 is 17.7 Å². The van der Waals surface area contributed by atoms with Crippen molar-refractivity contribution in [3.8, 4) is 0 Å². The molecule has 0 spiro atoms. The van der Waals surface area contributed by atoms with Gasteiger partial charge in [-0.1, -0.05) is 42.5 Å². The van der Waals surface area contributed by atoms with Crippen LogP contribution in [0, 0.1) is 0 Å². The van der Waals surface area contributed by atoms with Gasteiger partial charge in [-0.2, -0.15) is 0 Å². The minimum Gasteiger partial charge on any atom is -0.322 e. The van der Waals surface area contributed by atoms with Crippen LogP contribution in [-0.2, 0) is 22.7 Å². The van der Waals surface area contributed by atoms with Gasteiger partial charge in [0.2, 0.25) is 11.8 Å². The van der Waals surface area contributed by atoms with Gasteiger partial charge < -0.3 is 4.90 Å². The zero-order valence-corrected chi connectivity index (χ0v) is 18.3. The average molecular weight is 432 g/mol. The lowest BCUT2D eigenvalue weighted by Crippen LogP contribution is -2.52. The highest BCUT2D eigenvalue weighted by Gasteiger charge is 2.39. The summed E-state index contributed by atoms with van der Waals surface area (Å²) >= 11 is 0. The summed E-state index contributed by atoms with van der Waals surface area (Å²) in [5.41, 5.74) is 4.35. The van der Waals surface area contributed by atoms with Crippen LogP contribution in [0.2, 0.25) is 0 Å². The van der Waals surface area contributed by atoms with Gasteiger partial charge in [0.1, 0.15) is 6.04 Å². The van der Waals surface area contributed by atoms with Crippen LogP contribution in [0.25, 0.3) is 0 Å². The van der Waals surface area contributed by atoms with Crippen molar-refractivity contribution in [1.29, 1.82) is 0 Å². The maximum atomic E-state index is 12.9. The number of fused-ring (bicyclic) bond motifs is 1. The largest absolute Gasteiger partial charge is 0.322 e. The Kier molecular flexibility index (Phi) is 5.79. The molecule has 3 amide bonds. The number of amides is 3. The Balaban J connectivity index is 1.26.